The smallest absolute Gasteiger partial charge is 0.0736 e. The van der Waals surface area contributed by atoms with Crippen LogP contribution in [0.2, 0.25) is 0 Å². The Hall–Kier alpha value is -1.29. The molecule has 1 aromatic heterocycles. The number of anilines is 2. The van der Waals surface area contributed by atoms with Crippen LogP contribution in [-0.2, 0) is 4.74 Å². The number of nitrogen functional groups attached to an aromatic ring is 1. The molecule has 1 saturated carbocycles. The monoisotopic (exact) mass is 221 g/mol. The van der Waals surface area contributed by atoms with Gasteiger partial charge in [-0.25, -0.2) is 0 Å². The molecule has 4 heteroatoms. The van der Waals surface area contributed by atoms with E-state index < -0.39 is 0 Å². The van der Waals surface area contributed by atoms with E-state index in [0.29, 0.717) is 11.8 Å². The molecule has 1 heterocycles. The Balaban J connectivity index is 1.66. The molecule has 4 nitrogen and oxygen atoms in total. The van der Waals surface area contributed by atoms with E-state index in [0.717, 1.165) is 18.8 Å². The minimum atomic E-state index is 0.483. The Morgan fingerprint density at radius 1 is 1.44 bits per heavy atom. The van der Waals surface area contributed by atoms with Gasteiger partial charge in [-0.2, -0.15) is 0 Å². The summed E-state index contributed by atoms with van der Waals surface area (Å²) in [5, 5.41) is 3.25. The molecule has 0 atom stereocenters. The molecule has 0 radical (unpaired) electrons. The predicted octanol–water partition coefficient (Wildman–Crippen LogP) is 2.03. The normalized spacial score (nSPS) is 16.5. The zero-order valence-corrected chi connectivity index (χ0v) is 9.48. The van der Waals surface area contributed by atoms with Gasteiger partial charge in [-0.05, 0) is 18.9 Å². The number of hydrogen-bond acceptors (Lipinski definition) is 4. The van der Waals surface area contributed by atoms with Gasteiger partial charge in [0.2, 0.25) is 0 Å². The molecule has 88 valence electrons. The standard InChI is InChI=1S/C12H19N3O/c13-11-9-14-6-5-12(11)15-7-8-16-10-3-1-2-4-10/h5-6,9-10H,1-4,7-8,13H2,(H,14,15). The van der Waals surface area contributed by atoms with Crippen molar-refractivity contribution in [3.63, 3.8) is 0 Å². The summed E-state index contributed by atoms with van der Waals surface area (Å²) in [6.07, 6.45) is 8.94. The summed E-state index contributed by atoms with van der Waals surface area (Å²) >= 11 is 0. The van der Waals surface area contributed by atoms with Crippen molar-refractivity contribution in [1.29, 1.82) is 0 Å². The third kappa shape index (κ3) is 3.10. The molecule has 0 aromatic carbocycles. The first-order valence-corrected chi connectivity index (χ1v) is 5.91. The van der Waals surface area contributed by atoms with Gasteiger partial charge in [0.1, 0.15) is 0 Å². The van der Waals surface area contributed by atoms with Crippen LogP contribution < -0.4 is 11.1 Å². The lowest BCUT2D eigenvalue weighted by molar-refractivity contribution is 0.0659. The SMILES string of the molecule is Nc1cnccc1NCCOC1CCCC1. The van der Waals surface area contributed by atoms with Crippen LogP contribution >= 0.6 is 0 Å². The van der Waals surface area contributed by atoms with Crippen molar-refractivity contribution in [2.24, 2.45) is 0 Å². The summed E-state index contributed by atoms with van der Waals surface area (Å²) in [6, 6.07) is 1.88. The second-order valence-electron chi connectivity index (χ2n) is 4.17. The Morgan fingerprint density at radius 3 is 3.00 bits per heavy atom. The fraction of sp³-hybridized carbons (Fsp3) is 0.583. The number of aromatic nitrogens is 1. The fourth-order valence-electron chi connectivity index (χ4n) is 2.03. The van der Waals surface area contributed by atoms with E-state index in [2.05, 4.69) is 10.3 Å². The average Bonchev–Trinajstić information content (AvgIpc) is 2.79. The van der Waals surface area contributed by atoms with Gasteiger partial charge >= 0.3 is 0 Å². The lowest BCUT2D eigenvalue weighted by Crippen LogP contribution is -2.15. The van der Waals surface area contributed by atoms with Crippen molar-refractivity contribution < 1.29 is 4.74 Å². The van der Waals surface area contributed by atoms with Gasteiger partial charge in [0.15, 0.2) is 0 Å². The number of hydrogen-bond donors (Lipinski definition) is 2. The van der Waals surface area contributed by atoms with E-state index in [1.807, 2.05) is 6.07 Å². The molecule has 0 aliphatic heterocycles. The Morgan fingerprint density at radius 2 is 2.25 bits per heavy atom. The van der Waals surface area contributed by atoms with Gasteiger partial charge in [0.05, 0.1) is 30.3 Å². The van der Waals surface area contributed by atoms with Crippen molar-refractivity contribution in [2.45, 2.75) is 31.8 Å². The highest BCUT2D eigenvalue weighted by Gasteiger charge is 2.14. The summed E-state index contributed by atoms with van der Waals surface area (Å²) in [7, 11) is 0. The first-order valence-electron chi connectivity index (χ1n) is 5.91. The number of nitrogens with two attached hydrogens (primary N) is 1. The Bertz CT molecular complexity index is 324. The molecule has 1 aliphatic rings. The van der Waals surface area contributed by atoms with Crippen molar-refractivity contribution in [1.82, 2.24) is 4.98 Å². The third-order valence-electron chi connectivity index (χ3n) is 2.93. The fourth-order valence-corrected chi connectivity index (χ4v) is 2.03. The first-order chi connectivity index (χ1) is 7.86. The Labute approximate surface area is 96.2 Å². The van der Waals surface area contributed by atoms with Crippen LogP contribution in [0.4, 0.5) is 11.4 Å². The lowest BCUT2D eigenvalue weighted by atomic mass is 10.3. The second kappa shape index (κ2) is 5.70. The summed E-state index contributed by atoms with van der Waals surface area (Å²) in [5.41, 5.74) is 7.38. The van der Waals surface area contributed by atoms with Gasteiger partial charge in [-0.1, -0.05) is 12.8 Å². The van der Waals surface area contributed by atoms with Crippen molar-refractivity contribution in [3.8, 4) is 0 Å². The largest absolute Gasteiger partial charge is 0.396 e. The Kier molecular flexibility index (Phi) is 3.99. The van der Waals surface area contributed by atoms with Gasteiger partial charge in [-0.3, -0.25) is 4.98 Å². The van der Waals surface area contributed by atoms with E-state index in [-0.39, 0.29) is 0 Å². The lowest BCUT2D eigenvalue weighted by Gasteiger charge is -2.12. The van der Waals surface area contributed by atoms with Crippen molar-refractivity contribution >= 4 is 11.4 Å². The van der Waals surface area contributed by atoms with Crippen LogP contribution in [0.1, 0.15) is 25.7 Å². The highest BCUT2D eigenvalue weighted by Crippen LogP contribution is 2.20. The number of nitrogens with zero attached hydrogens (tertiary/aromatic N) is 1. The minimum absolute atomic E-state index is 0.483. The van der Waals surface area contributed by atoms with Crippen LogP contribution in [0.3, 0.4) is 0 Å². The molecule has 1 aromatic rings. The molecule has 0 amide bonds. The van der Waals surface area contributed by atoms with Gasteiger partial charge in [0.25, 0.3) is 0 Å². The summed E-state index contributed by atoms with van der Waals surface area (Å²) in [5.74, 6) is 0. The molecule has 1 aliphatic carbocycles. The molecule has 1 fully saturated rings. The third-order valence-corrected chi connectivity index (χ3v) is 2.93. The molecule has 0 spiro atoms. The second-order valence-corrected chi connectivity index (χ2v) is 4.17. The number of pyridine rings is 1. The summed E-state index contributed by atoms with van der Waals surface area (Å²) in [6.45, 7) is 1.54. The average molecular weight is 221 g/mol. The van der Waals surface area contributed by atoms with E-state index in [4.69, 9.17) is 10.5 Å². The molecule has 16 heavy (non-hydrogen) atoms. The number of nitrogens with one attached hydrogen (secondary N) is 1. The van der Waals surface area contributed by atoms with Gasteiger partial charge in [0, 0.05) is 12.7 Å². The zero-order valence-electron chi connectivity index (χ0n) is 9.48. The first kappa shape index (κ1) is 11.2. The quantitative estimate of drug-likeness (QED) is 0.747. The highest BCUT2D eigenvalue weighted by molar-refractivity contribution is 5.64. The molecular weight excluding hydrogens is 202 g/mol. The molecule has 0 unspecified atom stereocenters. The van der Waals surface area contributed by atoms with Crippen LogP contribution in [0.5, 0.6) is 0 Å². The summed E-state index contributed by atoms with van der Waals surface area (Å²) < 4.78 is 5.75. The molecule has 0 bridgehead atoms. The number of rotatable bonds is 5. The highest BCUT2D eigenvalue weighted by atomic mass is 16.5. The van der Waals surface area contributed by atoms with E-state index in [1.54, 1.807) is 12.4 Å². The molecule has 3 N–H and O–H groups in total. The molecular formula is C12H19N3O. The van der Waals surface area contributed by atoms with Gasteiger partial charge in [-0.15, -0.1) is 0 Å². The van der Waals surface area contributed by atoms with Crippen LogP contribution in [0.15, 0.2) is 18.5 Å². The van der Waals surface area contributed by atoms with Crippen molar-refractivity contribution in [3.05, 3.63) is 18.5 Å². The van der Waals surface area contributed by atoms with Crippen LogP contribution in [0.25, 0.3) is 0 Å². The van der Waals surface area contributed by atoms with Crippen LogP contribution in [-0.4, -0.2) is 24.2 Å². The van der Waals surface area contributed by atoms with Gasteiger partial charge < -0.3 is 15.8 Å². The maximum absolute atomic E-state index is 5.76. The van der Waals surface area contributed by atoms with Crippen LogP contribution in [0, 0.1) is 0 Å². The summed E-state index contributed by atoms with van der Waals surface area (Å²) in [4.78, 5) is 3.94. The molecule has 0 saturated heterocycles. The zero-order chi connectivity index (χ0) is 11.2. The maximum atomic E-state index is 5.76. The van der Waals surface area contributed by atoms with E-state index in [1.165, 1.54) is 25.7 Å². The maximum Gasteiger partial charge on any atom is 0.0736 e. The topological polar surface area (TPSA) is 60.2 Å². The predicted molar refractivity (Wildman–Crippen MR) is 65.3 cm³/mol. The van der Waals surface area contributed by atoms with E-state index in [9.17, 15) is 0 Å². The molecule has 2 rings (SSSR count). The minimum Gasteiger partial charge on any atom is -0.396 e. The number of ether oxygens (including phenoxy) is 1. The van der Waals surface area contributed by atoms with E-state index >= 15 is 0 Å². The van der Waals surface area contributed by atoms with Crippen molar-refractivity contribution in [2.75, 3.05) is 24.2 Å².